The Morgan fingerprint density at radius 3 is 2.40 bits per heavy atom. The summed E-state index contributed by atoms with van der Waals surface area (Å²) in [6.45, 7) is 0.799. The van der Waals surface area contributed by atoms with Crippen molar-refractivity contribution in [2.24, 2.45) is 0 Å². The number of nitrogens with zero attached hydrogens (tertiary/aromatic N) is 1. The molecule has 0 spiro atoms. The Balaban J connectivity index is 1.81. The molecule has 2 aromatic carbocycles. The van der Waals surface area contributed by atoms with Gasteiger partial charge in [0.2, 0.25) is 0 Å². The van der Waals surface area contributed by atoms with E-state index in [1.165, 1.54) is 0 Å². The van der Waals surface area contributed by atoms with E-state index in [9.17, 15) is 0 Å². The van der Waals surface area contributed by atoms with Gasteiger partial charge in [-0.1, -0.05) is 15.9 Å². The molecule has 2 N–H and O–H groups in total. The number of halogens is 1. The number of nitrogen functional groups attached to an aromatic ring is 1. The van der Waals surface area contributed by atoms with E-state index in [0.717, 1.165) is 10.2 Å². The van der Waals surface area contributed by atoms with Gasteiger partial charge in [-0.2, -0.15) is 5.26 Å². The summed E-state index contributed by atoms with van der Waals surface area (Å²) in [6, 6.07) is 14.5. The number of hydrogen-bond acceptors (Lipinski definition) is 4. The molecule has 5 heteroatoms. The zero-order chi connectivity index (χ0) is 14.4. The van der Waals surface area contributed by atoms with Crippen molar-refractivity contribution in [2.75, 3.05) is 18.9 Å². The van der Waals surface area contributed by atoms with Crippen LogP contribution in [0.3, 0.4) is 0 Å². The van der Waals surface area contributed by atoms with Crippen LogP contribution in [0.25, 0.3) is 0 Å². The van der Waals surface area contributed by atoms with E-state index in [0.29, 0.717) is 30.2 Å². The van der Waals surface area contributed by atoms with Crippen LogP contribution in [0.15, 0.2) is 46.9 Å². The lowest BCUT2D eigenvalue weighted by atomic mass is 10.2. The summed E-state index contributed by atoms with van der Waals surface area (Å²) in [5, 5.41) is 8.74. The minimum atomic E-state index is 0.381. The van der Waals surface area contributed by atoms with E-state index in [-0.39, 0.29) is 0 Å². The van der Waals surface area contributed by atoms with Crippen molar-refractivity contribution < 1.29 is 9.47 Å². The van der Waals surface area contributed by atoms with Gasteiger partial charge < -0.3 is 15.2 Å². The molecule has 0 aromatic heterocycles. The third-order valence-electron chi connectivity index (χ3n) is 2.56. The van der Waals surface area contributed by atoms with E-state index in [1.807, 2.05) is 30.3 Å². The van der Waals surface area contributed by atoms with Crippen LogP contribution in [0, 0.1) is 11.3 Å². The summed E-state index contributed by atoms with van der Waals surface area (Å²) in [7, 11) is 0. The number of benzene rings is 2. The van der Waals surface area contributed by atoms with Crippen LogP contribution in [0.2, 0.25) is 0 Å². The van der Waals surface area contributed by atoms with Crippen LogP contribution in [0.4, 0.5) is 5.69 Å². The lowest BCUT2D eigenvalue weighted by molar-refractivity contribution is 0.218. The van der Waals surface area contributed by atoms with E-state index in [4.69, 9.17) is 20.5 Å². The van der Waals surface area contributed by atoms with E-state index in [2.05, 4.69) is 15.9 Å². The number of anilines is 1. The Labute approximate surface area is 125 Å². The number of rotatable bonds is 5. The van der Waals surface area contributed by atoms with E-state index >= 15 is 0 Å². The summed E-state index contributed by atoms with van der Waals surface area (Å²) in [4.78, 5) is 0. The summed E-state index contributed by atoms with van der Waals surface area (Å²) in [5.41, 5.74) is 6.75. The van der Waals surface area contributed by atoms with Crippen molar-refractivity contribution in [3.05, 3.63) is 52.5 Å². The highest BCUT2D eigenvalue weighted by Gasteiger charge is 2.02. The first-order valence-electron chi connectivity index (χ1n) is 6.00. The fourth-order valence-corrected chi connectivity index (χ4v) is 1.86. The highest BCUT2D eigenvalue weighted by Crippen LogP contribution is 2.22. The van der Waals surface area contributed by atoms with Crippen LogP contribution < -0.4 is 15.2 Å². The molecule has 2 rings (SSSR count). The first-order valence-corrected chi connectivity index (χ1v) is 6.79. The number of nitrogens with two attached hydrogens (primary N) is 1. The van der Waals surface area contributed by atoms with Crippen LogP contribution in [0.5, 0.6) is 11.5 Å². The highest BCUT2D eigenvalue weighted by atomic mass is 79.9. The Kier molecular flexibility index (Phi) is 4.85. The summed E-state index contributed by atoms with van der Waals surface area (Å²) >= 11 is 3.36. The molecule has 0 aliphatic heterocycles. The maximum absolute atomic E-state index is 8.74. The van der Waals surface area contributed by atoms with Crippen molar-refractivity contribution in [1.82, 2.24) is 0 Å². The average Bonchev–Trinajstić information content (AvgIpc) is 2.46. The SMILES string of the molecule is N#Cc1ccc(OCCOc2ccc(Br)cc2)c(N)c1. The zero-order valence-corrected chi connectivity index (χ0v) is 12.3. The fraction of sp³-hybridized carbons (Fsp3) is 0.133. The summed E-state index contributed by atoms with van der Waals surface area (Å²) in [5.74, 6) is 1.34. The van der Waals surface area contributed by atoms with Gasteiger partial charge in [-0.05, 0) is 42.5 Å². The van der Waals surface area contributed by atoms with Gasteiger partial charge in [0, 0.05) is 4.47 Å². The lowest BCUT2D eigenvalue weighted by Crippen LogP contribution is -2.10. The molecule has 0 radical (unpaired) electrons. The summed E-state index contributed by atoms with van der Waals surface area (Å²) < 4.78 is 12.0. The van der Waals surface area contributed by atoms with E-state index < -0.39 is 0 Å². The molecule has 0 aliphatic rings. The molecule has 0 heterocycles. The van der Waals surface area contributed by atoms with Gasteiger partial charge in [0.15, 0.2) is 0 Å². The second-order valence-corrected chi connectivity index (χ2v) is 4.93. The molecule has 0 fully saturated rings. The summed E-state index contributed by atoms with van der Waals surface area (Å²) in [6.07, 6.45) is 0. The molecule has 102 valence electrons. The molecule has 0 saturated heterocycles. The lowest BCUT2D eigenvalue weighted by Gasteiger charge is -2.10. The maximum atomic E-state index is 8.74. The largest absolute Gasteiger partial charge is 0.490 e. The molecule has 2 aromatic rings. The number of nitriles is 1. The molecule has 0 unspecified atom stereocenters. The molecule has 0 saturated carbocycles. The molecule has 0 atom stereocenters. The minimum Gasteiger partial charge on any atom is -0.490 e. The van der Waals surface area contributed by atoms with Gasteiger partial charge in [0.05, 0.1) is 17.3 Å². The predicted molar refractivity (Wildman–Crippen MR) is 80.7 cm³/mol. The van der Waals surface area contributed by atoms with Gasteiger partial charge in [-0.15, -0.1) is 0 Å². The van der Waals surface area contributed by atoms with Crippen molar-refractivity contribution in [2.45, 2.75) is 0 Å². The van der Waals surface area contributed by atoms with Crippen LogP contribution in [-0.2, 0) is 0 Å². The minimum absolute atomic E-state index is 0.381. The second kappa shape index (κ2) is 6.83. The topological polar surface area (TPSA) is 68.3 Å². The molecule has 0 bridgehead atoms. The molecular weight excluding hydrogens is 320 g/mol. The molecule has 20 heavy (non-hydrogen) atoms. The molecule has 4 nitrogen and oxygen atoms in total. The normalized spacial score (nSPS) is 9.80. The Bertz CT molecular complexity index is 621. The van der Waals surface area contributed by atoms with Gasteiger partial charge in [-0.25, -0.2) is 0 Å². The van der Waals surface area contributed by atoms with Crippen LogP contribution in [0.1, 0.15) is 5.56 Å². The number of ether oxygens (including phenoxy) is 2. The quantitative estimate of drug-likeness (QED) is 0.673. The van der Waals surface area contributed by atoms with Gasteiger partial charge in [-0.3, -0.25) is 0 Å². The van der Waals surface area contributed by atoms with Crippen LogP contribution in [-0.4, -0.2) is 13.2 Å². The third kappa shape index (κ3) is 3.90. The van der Waals surface area contributed by atoms with Gasteiger partial charge in [0.25, 0.3) is 0 Å². The van der Waals surface area contributed by atoms with Crippen molar-refractivity contribution >= 4 is 21.6 Å². The smallest absolute Gasteiger partial charge is 0.142 e. The predicted octanol–water partition coefficient (Wildman–Crippen LogP) is 3.36. The number of hydrogen-bond donors (Lipinski definition) is 1. The average molecular weight is 333 g/mol. The highest BCUT2D eigenvalue weighted by molar-refractivity contribution is 9.10. The first kappa shape index (κ1) is 14.2. The fourth-order valence-electron chi connectivity index (χ4n) is 1.59. The monoisotopic (exact) mass is 332 g/mol. The maximum Gasteiger partial charge on any atom is 0.142 e. The van der Waals surface area contributed by atoms with Crippen molar-refractivity contribution in [3.63, 3.8) is 0 Å². The van der Waals surface area contributed by atoms with Crippen molar-refractivity contribution in [3.8, 4) is 17.6 Å². The molecular formula is C15H13BrN2O2. The second-order valence-electron chi connectivity index (χ2n) is 4.02. The third-order valence-corrected chi connectivity index (χ3v) is 3.09. The first-order chi connectivity index (χ1) is 9.69. The Morgan fingerprint density at radius 2 is 1.75 bits per heavy atom. The Morgan fingerprint density at radius 1 is 1.05 bits per heavy atom. The van der Waals surface area contributed by atoms with Gasteiger partial charge in [0.1, 0.15) is 24.7 Å². The standard InChI is InChI=1S/C15H13BrN2O2/c16-12-2-4-13(5-3-12)19-7-8-20-15-6-1-11(10-17)9-14(15)18/h1-6,9H,7-8,18H2. The van der Waals surface area contributed by atoms with Crippen LogP contribution >= 0.6 is 15.9 Å². The van der Waals surface area contributed by atoms with Crippen molar-refractivity contribution in [1.29, 1.82) is 5.26 Å². The van der Waals surface area contributed by atoms with Gasteiger partial charge >= 0.3 is 0 Å². The zero-order valence-electron chi connectivity index (χ0n) is 10.7. The Hall–Kier alpha value is -2.19. The molecule has 0 aliphatic carbocycles. The molecule has 0 amide bonds. The van der Waals surface area contributed by atoms with E-state index in [1.54, 1.807) is 18.2 Å².